The van der Waals surface area contributed by atoms with Gasteiger partial charge in [-0.1, -0.05) is 25.1 Å². The van der Waals surface area contributed by atoms with Gasteiger partial charge < -0.3 is 10.4 Å². The Bertz CT molecular complexity index is 778. The summed E-state index contributed by atoms with van der Waals surface area (Å²) in [6, 6.07) is 10.1. The van der Waals surface area contributed by atoms with Crippen LogP contribution >= 0.6 is 0 Å². The molecule has 2 fully saturated rings. The van der Waals surface area contributed by atoms with E-state index >= 15 is 0 Å². The van der Waals surface area contributed by atoms with Crippen molar-refractivity contribution in [3.8, 4) is 0 Å². The third kappa shape index (κ3) is 3.69. The number of aromatic nitrogens is 1. The number of aliphatic hydroxyl groups excluding tert-OH is 1. The fraction of sp³-hybridized carbons (Fsp3) is 0.524. The van der Waals surface area contributed by atoms with Crippen LogP contribution in [0.3, 0.4) is 0 Å². The average Bonchev–Trinajstić information content (AvgIpc) is 3.33. The molecule has 1 aromatic carbocycles. The summed E-state index contributed by atoms with van der Waals surface area (Å²) in [5.74, 6) is 0.408. The first kappa shape index (κ1) is 16.5. The number of pyridine rings is 1. The lowest BCUT2D eigenvalue weighted by Crippen LogP contribution is -2.41. The molecule has 132 valence electrons. The maximum atomic E-state index is 12.5. The molecule has 2 aliphatic rings. The molecule has 0 unspecified atom stereocenters. The Kier molecular flexibility index (Phi) is 4.24. The van der Waals surface area contributed by atoms with Crippen molar-refractivity contribution in [3.05, 3.63) is 42.1 Å². The number of benzene rings is 1. The topological polar surface area (TPSA) is 62.2 Å². The number of para-hydroxylation sites is 1. The molecule has 4 heteroatoms. The second-order valence-electron chi connectivity index (χ2n) is 8.20. The van der Waals surface area contributed by atoms with Gasteiger partial charge in [0, 0.05) is 18.0 Å². The van der Waals surface area contributed by atoms with Gasteiger partial charge in [0.15, 0.2) is 0 Å². The normalized spacial score (nSPS) is 25.2. The highest BCUT2D eigenvalue weighted by molar-refractivity contribution is 5.80. The van der Waals surface area contributed by atoms with Crippen LogP contribution < -0.4 is 5.32 Å². The number of rotatable bonds is 6. The molecule has 4 nitrogen and oxygen atoms in total. The first-order valence-electron chi connectivity index (χ1n) is 9.35. The van der Waals surface area contributed by atoms with E-state index < -0.39 is 0 Å². The average molecular weight is 338 g/mol. The van der Waals surface area contributed by atoms with E-state index in [0.717, 1.165) is 35.7 Å². The number of fused-ring (bicyclic) bond motifs is 1. The summed E-state index contributed by atoms with van der Waals surface area (Å²) in [7, 11) is 0. The molecule has 0 saturated heterocycles. The summed E-state index contributed by atoms with van der Waals surface area (Å²) in [5.41, 5.74) is 2.40. The van der Waals surface area contributed by atoms with Crippen molar-refractivity contribution >= 4 is 16.8 Å². The molecule has 0 spiro atoms. The Morgan fingerprint density at radius 3 is 2.84 bits per heavy atom. The van der Waals surface area contributed by atoms with Crippen LogP contribution in [0.25, 0.3) is 10.9 Å². The van der Waals surface area contributed by atoms with Crippen LogP contribution in [-0.2, 0) is 4.79 Å². The molecule has 1 amide bonds. The van der Waals surface area contributed by atoms with Crippen LogP contribution in [0, 0.1) is 11.3 Å². The highest BCUT2D eigenvalue weighted by atomic mass is 16.3. The van der Waals surface area contributed by atoms with Crippen LogP contribution in [0.1, 0.15) is 57.1 Å². The molecule has 0 radical (unpaired) electrons. The summed E-state index contributed by atoms with van der Waals surface area (Å²) in [5, 5.41) is 14.0. The van der Waals surface area contributed by atoms with Crippen molar-refractivity contribution in [1.29, 1.82) is 0 Å². The zero-order valence-electron chi connectivity index (χ0n) is 14.7. The maximum Gasteiger partial charge on any atom is 0.220 e. The molecule has 0 aliphatic heterocycles. The van der Waals surface area contributed by atoms with Crippen LogP contribution in [0.5, 0.6) is 0 Å². The van der Waals surface area contributed by atoms with Gasteiger partial charge in [-0.15, -0.1) is 0 Å². The standard InChI is InChI=1S/C21H26N2O2/c1-21(8-9-21)7-6-19(25)23-20(15-11-17(24)12-15)16-10-14-4-2-3-5-18(14)22-13-16/h2-5,10,13,15,17,20,24H,6-9,11-12H2,1H3,(H,23,25)/t15?,17?,20-/m0/s1. The van der Waals surface area contributed by atoms with E-state index in [1.807, 2.05) is 30.5 Å². The van der Waals surface area contributed by atoms with E-state index in [1.165, 1.54) is 12.8 Å². The summed E-state index contributed by atoms with van der Waals surface area (Å²) in [4.78, 5) is 17.0. The zero-order chi connectivity index (χ0) is 17.4. The largest absolute Gasteiger partial charge is 0.393 e. The molecule has 2 saturated carbocycles. The first-order valence-corrected chi connectivity index (χ1v) is 9.35. The Morgan fingerprint density at radius 1 is 1.36 bits per heavy atom. The Morgan fingerprint density at radius 2 is 2.12 bits per heavy atom. The first-order chi connectivity index (χ1) is 12.0. The minimum atomic E-state index is -0.233. The summed E-state index contributed by atoms with van der Waals surface area (Å²) < 4.78 is 0. The number of aliphatic hydroxyl groups is 1. The van der Waals surface area contributed by atoms with Gasteiger partial charge in [-0.25, -0.2) is 0 Å². The van der Waals surface area contributed by atoms with Crippen LogP contribution in [0.2, 0.25) is 0 Å². The van der Waals surface area contributed by atoms with Crippen molar-refractivity contribution in [3.63, 3.8) is 0 Å². The number of nitrogens with zero attached hydrogens (tertiary/aromatic N) is 1. The third-order valence-electron chi connectivity index (χ3n) is 5.97. The van der Waals surface area contributed by atoms with E-state index in [4.69, 9.17) is 0 Å². The lowest BCUT2D eigenvalue weighted by molar-refractivity contribution is -0.123. The van der Waals surface area contributed by atoms with Gasteiger partial charge in [-0.05, 0) is 61.1 Å². The molecule has 4 rings (SSSR count). The van der Waals surface area contributed by atoms with Gasteiger partial charge in [-0.2, -0.15) is 0 Å². The number of amides is 1. The van der Waals surface area contributed by atoms with Crippen LogP contribution in [0.4, 0.5) is 0 Å². The minimum absolute atomic E-state index is 0.0555. The molecule has 0 bridgehead atoms. The van der Waals surface area contributed by atoms with Gasteiger partial charge in [0.05, 0.1) is 17.7 Å². The SMILES string of the molecule is CC1(CCC(=O)N[C@H](c2cnc3ccccc3c2)C2CC(O)C2)CC1. The summed E-state index contributed by atoms with van der Waals surface area (Å²) in [6.45, 7) is 2.26. The Labute approximate surface area is 148 Å². The van der Waals surface area contributed by atoms with Gasteiger partial charge in [-0.3, -0.25) is 9.78 Å². The predicted octanol–water partition coefficient (Wildman–Crippen LogP) is 3.74. The second-order valence-corrected chi connectivity index (χ2v) is 8.20. The minimum Gasteiger partial charge on any atom is -0.393 e. The van der Waals surface area contributed by atoms with E-state index in [0.29, 0.717) is 17.8 Å². The van der Waals surface area contributed by atoms with Crippen molar-refractivity contribution in [1.82, 2.24) is 10.3 Å². The van der Waals surface area contributed by atoms with E-state index in [-0.39, 0.29) is 18.1 Å². The van der Waals surface area contributed by atoms with Crippen LogP contribution in [0.15, 0.2) is 36.5 Å². The van der Waals surface area contributed by atoms with Crippen molar-refractivity contribution in [2.45, 2.75) is 57.6 Å². The molecule has 25 heavy (non-hydrogen) atoms. The molecular formula is C21H26N2O2. The Hall–Kier alpha value is -1.94. The lowest BCUT2D eigenvalue weighted by atomic mass is 9.75. The summed E-state index contributed by atoms with van der Waals surface area (Å²) in [6.07, 6.45) is 7.17. The quantitative estimate of drug-likeness (QED) is 0.843. The van der Waals surface area contributed by atoms with E-state index in [2.05, 4.69) is 23.3 Å². The molecule has 1 heterocycles. The van der Waals surface area contributed by atoms with Gasteiger partial charge in [0.25, 0.3) is 0 Å². The highest BCUT2D eigenvalue weighted by Gasteiger charge is 2.38. The van der Waals surface area contributed by atoms with Gasteiger partial charge in [0.2, 0.25) is 5.91 Å². The molecule has 1 aromatic heterocycles. The van der Waals surface area contributed by atoms with E-state index in [9.17, 15) is 9.90 Å². The predicted molar refractivity (Wildman–Crippen MR) is 97.9 cm³/mol. The maximum absolute atomic E-state index is 12.5. The van der Waals surface area contributed by atoms with Gasteiger partial charge >= 0.3 is 0 Å². The Balaban J connectivity index is 1.51. The molecule has 2 aliphatic carbocycles. The molecule has 1 atom stereocenters. The van der Waals surface area contributed by atoms with Gasteiger partial charge in [0.1, 0.15) is 0 Å². The number of carbonyl (C=O) groups is 1. The van der Waals surface area contributed by atoms with Crippen molar-refractivity contribution in [2.75, 3.05) is 0 Å². The number of carbonyl (C=O) groups excluding carboxylic acids is 1. The fourth-order valence-corrected chi connectivity index (χ4v) is 3.76. The zero-order valence-corrected chi connectivity index (χ0v) is 14.7. The smallest absolute Gasteiger partial charge is 0.220 e. The second kappa shape index (κ2) is 6.41. The third-order valence-corrected chi connectivity index (χ3v) is 5.97. The molecule has 2 N–H and O–H groups in total. The number of hydrogen-bond donors (Lipinski definition) is 2. The number of hydrogen-bond acceptors (Lipinski definition) is 3. The van der Waals surface area contributed by atoms with Crippen molar-refractivity contribution < 1.29 is 9.90 Å². The highest BCUT2D eigenvalue weighted by Crippen LogP contribution is 2.49. The molecule has 2 aromatic rings. The van der Waals surface area contributed by atoms with E-state index in [1.54, 1.807) is 0 Å². The summed E-state index contributed by atoms with van der Waals surface area (Å²) >= 11 is 0. The monoisotopic (exact) mass is 338 g/mol. The fourth-order valence-electron chi connectivity index (χ4n) is 3.76. The lowest BCUT2D eigenvalue weighted by Gasteiger charge is -2.38. The molecular weight excluding hydrogens is 312 g/mol. The van der Waals surface area contributed by atoms with Crippen molar-refractivity contribution in [2.24, 2.45) is 11.3 Å². The van der Waals surface area contributed by atoms with Crippen LogP contribution in [-0.4, -0.2) is 22.1 Å². The number of nitrogens with one attached hydrogen (secondary N) is 1.